The molecular formula is C14H17ClN2O2S. The third kappa shape index (κ3) is 2.76. The Morgan fingerprint density at radius 2 is 2.00 bits per heavy atom. The highest BCUT2D eigenvalue weighted by Gasteiger charge is 2.42. The van der Waals surface area contributed by atoms with Crippen molar-refractivity contribution in [2.45, 2.75) is 12.5 Å². The molecule has 2 atom stereocenters. The summed E-state index contributed by atoms with van der Waals surface area (Å²) in [5, 5.41) is 5.21. The molecule has 2 aliphatic rings. The standard InChI is InChI=1S/C14H17ClN2O2S/c15-13-3-1-11(2-4-13)6-8-20(18,19)17-7-5-12-9-16-10-14(12)17/h1-4,6,8,12,14,16H,5,7,9-10H2/b8-6+/t12-,14+/m0/s1. The van der Waals surface area contributed by atoms with E-state index in [-0.39, 0.29) is 6.04 Å². The molecule has 1 aromatic carbocycles. The topological polar surface area (TPSA) is 49.4 Å². The summed E-state index contributed by atoms with van der Waals surface area (Å²) in [6, 6.07) is 7.23. The van der Waals surface area contributed by atoms with Crippen LogP contribution < -0.4 is 5.32 Å². The van der Waals surface area contributed by atoms with Crippen LogP contribution in [0.4, 0.5) is 0 Å². The number of hydrogen-bond donors (Lipinski definition) is 1. The van der Waals surface area contributed by atoms with Crippen LogP contribution in [0.25, 0.3) is 6.08 Å². The monoisotopic (exact) mass is 312 g/mol. The molecule has 0 aliphatic carbocycles. The molecule has 0 radical (unpaired) electrons. The zero-order valence-corrected chi connectivity index (χ0v) is 12.6. The summed E-state index contributed by atoms with van der Waals surface area (Å²) >= 11 is 5.81. The van der Waals surface area contributed by atoms with Gasteiger partial charge in [0, 0.05) is 29.6 Å². The molecular weight excluding hydrogens is 296 g/mol. The van der Waals surface area contributed by atoms with Crippen LogP contribution in [0.1, 0.15) is 12.0 Å². The van der Waals surface area contributed by atoms with Crippen molar-refractivity contribution in [2.75, 3.05) is 19.6 Å². The molecule has 1 N–H and O–H groups in total. The fourth-order valence-corrected chi connectivity index (χ4v) is 4.54. The minimum absolute atomic E-state index is 0.120. The Balaban J connectivity index is 1.77. The van der Waals surface area contributed by atoms with Gasteiger partial charge in [0.15, 0.2) is 0 Å². The molecule has 20 heavy (non-hydrogen) atoms. The lowest BCUT2D eigenvalue weighted by Crippen LogP contribution is -2.37. The van der Waals surface area contributed by atoms with Gasteiger partial charge in [0.2, 0.25) is 10.0 Å². The van der Waals surface area contributed by atoms with Crippen molar-refractivity contribution in [2.24, 2.45) is 5.92 Å². The Morgan fingerprint density at radius 1 is 1.25 bits per heavy atom. The molecule has 0 saturated carbocycles. The van der Waals surface area contributed by atoms with Crippen molar-refractivity contribution >= 4 is 27.7 Å². The molecule has 2 aliphatic heterocycles. The summed E-state index contributed by atoms with van der Waals surface area (Å²) < 4.78 is 26.4. The normalized spacial score (nSPS) is 27.2. The van der Waals surface area contributed by atoms with Gasteiger partial charge in [-0.2, -0.15) is 4.31 Å². The Hall–Kier alpha value is -0.880. The Morgan fingerprint density at radius 3 is 2.75 bits per heavy atom. The fourth-order valence-electron chi connectivity index (χ4n) is 2.94. The number of rotatable bonds is 3. The van der Waals surface area contributed by atoms with Crippen molar-refractivity contribution in [3.8, 4) is 0 Å². The van der Waals surface area contributed by atoms with Crippen molar-refractivity contribution in [3.05, 3.63) is 40.3 Å². The first-order chi connectivity index (χ1) is 9.56. The van der Waals surface area contributed by atoms with Crippen LogP contribution >= 0.6 is 11.6 Å². The van der Waals surface area contributed by atoms with E-state index in [0.29, 0.717) is 17.5 Å². The maximum Gasteiger partial charge on any atom is 0.236 e. The van der Waals surface area contributed by atoms with Crippen LogP contribution in [0.2, 0.25) is 5.02 Å². The summed E-state index contributed by atoms with van der Waals surface area (Å²) in [5.74, 6) is 0.466. The van der Waals surface area contributed by atoms with E-state index in [1.807, 2.05) is 0 Å². The van der Waals surface area contributed by atoms with Crippen molar-refractivity contribution < 1.29 is 8.42 Å². The van der Waals surface area contributed by atoms with E-state index in [1.54, 1.807) is 34.6 Å². The van der Waals surface area contributed by atoms with Crippen molar-refractivity contribution in [1.29, 1.82) is 0 Å². The summed E-state index contributed by atoms with van der Waals surface area (Å²) in [7, 11) is -3.34. The van der Waals surface area contributed by atoms with Gasteiger partial charge in [-0.15, -0.1) is 0 Å². The number of benzene rings is 1. The van der Waals surface area contributed by atoms with Crippen LogP contribution in [0.5, 0.6) is 0 Å². The smallest absolute Gasteiger partial charge is 0.236 e. The molecule has 6 heteroatoms. The highest BCUT2D eigenvalue weighted by Crippen LogP contribution is 2.30. The molecule has 2 saturated heterocycles. The van der Waals surface area contributed by atoms with Gasteiger partial charge in [-0.1, -0.05) is 23.7 Å². The highest BCUT2D eigenvalue weighted by atomic mass is 35.5. The first kappa shape index (κ1) is 14.1. The van der Waals surface area contributed by atoms with Gasteiger partial charge in [0.1, 0.15) is 0 Å². The van der Waals surface area contributed by atoms with E-state index >= 15 is 0 Å². The Kier molecular flexibility index (Phi) is 3.86. The van der Waals surface area contributed by atoms with Crippen LogP contribution in [-0.4, -0.2) is 38.4 Å². The minimum atomic E-state index is -3.34. The average molecular weight is 313 g/mol. The van der Waals surface area contributed by atoms with E-state index < -0.39 is 10.0 Å². The van der Waals surface area contributed by atoms with Crippen molar-refractivity contribution in [1.82, 2.24) is 9.62 Å². The SMILES string of the molecule is O=S(=O)(/C=C/c1ccc(Cl)cc1)N1CC[C@H]2CNC[C@H]21. The predicted molar refractivity (Wildman–Crippen MR) is 80.9 cm³/mol. The molecule has 0 spiro atoms. The van der Waals surface area contributed by atoms with E-state index in [9.17, 15) is 8.42 Å². The first-order valence-electron chi connectivity index (χ1n) is 6.72. The molecule has 3 rings (SSSR count). The molecule has 0 amide bonds. The molecule has 0 aromatic heterocycles. The van der Waals surface area contributed by atoms with Gasteiger partial charge in [0.05, 0.1) is 0 Å². The summed E-state index contributed by atoms with van der Waals surface area (Å²) in [5.41, 5.74) is 0.832. The van der Waals surface area contributed by atoms with Gasteiger partial charge in [-0.25, -0.2) is 8.42 Å². The van der Waals surface area contributed by atoms with Gasteiger partial charge >= 0.3 is 0 Å². The minimum Gasteiger partial charge on any atom is -0.315 e. The van der Waals surface area contributed by atoms with E-state index in [0.717, 1.165) is 25.1 Å². The lowest BCUT2D eigenvalue weighted by molar-refractivity contribution is 0.388. The largest absolute Gasteiger partial charge is 0.315 e. The van der Waals surface area contributed by atoms with Crippen molar-refractivity contribution in [3.63, 3.8) is 0 Å². The summed E-state index contributed by atoms with van der Waals surface area (Å²) in [6.45, 7) is 2.32. The molecule has 2 fully saturated rings. The number of nitrogens with zero attached hydrogens (tertiary/aromatic N) is 1. The molecule has 108 valence electrons. The maximum atomic E-state index is 12.4. The van der Waals surface area contributed by atoms with Gasteiger partial charge < -0.3 is 5.32 Å². The van der Waals surface area contributed by atoms with E-state index in [1.165, 1.54) is 5.41 Å². The predicted octanol–water partition coefficient (Wildman–Crippen LogP) is 1.93. The van der Waals surface area contributed by atoms with E-state index in [2.05, 4.69) is 5.32 Å². The second-order valence-electron chi connectivity index (χ2n) is 5.28. The second-order valence-corrected chi connectivity index (χ2v) is 7.49. The number of hydrogen-bond acceptors (Lipinski definition) is 3. The van der Waals surface area contributed by atoms with Crippen LogP contribution in [0, 0.1) is 5.92 Å². The molecule has 0 bridgehead atoms. The molecule has 4 nitrogen and oxygen atoms in total. The average Bonchev–Trinajstić information content (AvgIpc) is 3.00. The van der Waals surface area contributed by atoms with Gasteiger partial charge in [-0.05, 0) is 42.7 Å². The fraction of sp³-hybridized carbons (Fsp3) is 0.429. The quantitative estimate of drug-likeness (QED) is 0.928. The number of halogens is 1. The second kappa shape index (κ2) is 5.48. The Bertz CT molecular complexity index is 613. The lowest BCUT2D eigenvalue weighted by Gasteiger charge is -2.20. The third-order valence-electron chi connectivity index (χ3n) is 4.02. The van der Waals surface area contributed by atoms with Gasteiger partial charge in [0.25, 0.3) is 0 Å². The third-order valence-corrected chi connectivity index (χ3v) is 5.86. The molecule has 2 heterocycles. The van der Waals surface area contributed by atoms with Crippen LogP contribution in [-0.2, 0) is 10.0 Å². The lowest BCUT2D eigenvalue weighted by atomic mass is 10.1. The maximum absolute atomic E-state index is 12.4. The first-order valence-corrected chi connectivity index (χ1v) is 8.60. The summed E-state index contributed by atoms with van der Waals surface area (Å²) in [4.78, 5) is 0. The highest BCUT2D eigenvalue weighted by molar-refractivity contribution is 7.92. The molecule has 0 unspecified atom stereocenters. The Labute approximate surface area is 124 Å². The zero-order chi connectivity index (χ0) is 14.2. The van der Waals surface area contributed by atoms with E-state index in [4.69, 9.17) is 11.6 Å². The number of sulfonamides is 1. The molecule has 1 aromatic rings. The van der Waals surface area contributed by atoms with Crippen LogP contribution in [0.15, 0.2) is 29.7 Å². The summed E-state index contributed by atoms with van der Waals surface area (Å²) in [6.07, 6.45) is 2.58. The van der Waals surface area contributed by atoms with Crippen LogP contribution in [0.3, 0.4) is 0 Å². The number of nitrogens with one attached hydrogen (secondary N) is 1. The van der Waals surface area contributed by atoms with Gasteiger partial charge in [-0.3, -0.25) is 0 Å². The number of fused-ring (bicyclic) bond motifs is 1. The zero-order valence-electron chi connectivity index (χ0n) is 11.0.